The Bertz CT molecular complexity index is 1000. The maximum absolute atomic E-state index is 13.4. The minimum absolute atomic E-state index is 0.104. The lowest BCUT2D eigenvalue weighted by Crippen LogP contribution is -2.36. The molecule has 0 saturated carbocycles. The Morgan fingerprint density at radius 2 is 1.97 bits per heavy atom. The lowest BCUT2D eigenvalue weighted by molar-refractivity contribution is -0.132. The predicted octanol–water partition coefficient (Wildman–Crippen LogP) is 4.57. The molecule has 1 atom stereocenters. The molecule has 1 amide bonds. The Morgan fingerprint density at radius 3 is 2.77 bits per heavy atom. The van der Waals surface area contributed by atoms with Gasteiger partial charge in [-0.25, -0.2) is 8.78 Å². The Labute approximate surface area is 173 Å². The van der Waals surface area contributed by atoms with Crippen LogP contribution in [0.1, 0.15) is 37.1 Å². The fraction of sp³-hybridized carbons (Fsp3) is 0.348. The molecule has 1 saturated heterocycles. The van der Waals surface area contributed by atoms with Crippen molar-refractivity contribution in [1.82, 2.24) is 15.0 Å². The van der Waals surface area contributed by atoms with Gasteiger partial charge in [-0.2, -0.15) is 4.98 Å². The Kier molecular flexibility index (Phi) is 6.16. The Morgan fingerprint density at radius 1 is 1.13 bits per heavy atom. The molecule has 0 aliphatic carbocycles. The highest BCUT2D eigenvalue weighted by atomic mass is 19.1. The van der Waals surface area contributed by atoms with Crippen LogP contribution < -0.4 is 0 Å². The van der Waals surface area contributed by atoms with E-state index in [-0.39, 0.29) is 23.6 Å². The lowest BCUT2D eigenvalue weighted by atomic mass is 10.0. The molecule has 7 heteroatoms. The third-order valence-electron chi connectivity index (χ3n) is 5.41. The summed E-state index contributed by atoms with van der Waals surface area (Å²) in [5.74, 6) is 0.402. The normalized spacial score (nSPS) is 16.2. The molecule has 0 bridgehead atoms. The van der Waals surface area contributed by atoms with E-state index in [0.29, 0.717) is 43.0 Å². The number of amides is 1. The number of aryl methyl sites for hydroxylation is 1. The molecule has 4 rings (SSSR count). The first kappa shape index (κ1) is 20.2. The maximum atomic E-state index is 13.4. The molecular weight excluding hydrogens is 388 g/mol. The quantitative estimate of drug-likeness (QED) is 0.571. The van der Waals surface area contributed by atoms with Crippen molar-refractivity contribution in [3.05, 3.63) is 71.6 Å². The van der Waals surface area contributed by atoms with Gasteiger partial charge in [-0.05, 0) is 67.6 Å². The molecule has 2 heterocycles. The Balaban J connectivity index is 1.28. The molecule has 30 heavy (non-hydrogen) atoms. The molecular formula is C23H23F2N3O2. The zero-order valence-corrected chi connectivity index (χ0v) is 16.6. The number of halogens is 2. The van der Waals surface area contributed by atoms with E-state index in [1.807, 2.05) is 11.0 Å². The minimum Gasteiger partial charge on any atom is -0.339 e. The first-order valence-electron chi connectivity index (χ1n) is 10.2. The van der Waals surface area contributed by atoms with E-state index in [2.05, 4.69) is 10.1 Å². The van der Waals surface area contributed by atoms with Crippen LogP contribution >= 0.6 is 0 Å². The van der Waals surface area contributed by atoms with E-state index in [1.54, 1.807) is 18.2 Å². The van der Waals surface area contributed by atoms with Gasteiger partial charge >= 0.3 is 0 Å². The van der Waals surface area contributed by atoms with Gasteiger partial charge in [0.1, 0.15) is 11.6 Å². The van der Waals surface area contributed by atoms with Crippen molar-refractivity contribution in [2.24, 2.45) is 0 Å². The number of hydrogen-bond donors (Lipinski definition) is 0. The number of aromatic nitrogens is 2. The van der Waals surface area contributed by atoms with Crippen LogP contribution in [0.15, 0.2) is 53.1 Å². The first-order valence-corrected chi connectivity index (χ1v) is 10.2. The van der Waals surface area contributed by atoms with E-state index >= 15 is 0 Å². The fourth-order valence-electron chi connectivity index (χ4n) is 3.92. The van der Waals surface area contributed by atoms with Crippen molar-refractivity contribution in [2.75, 3.05) is 6.54 Å². The second-order valence-corrected chi connectivity index (χ2v) is 7.59. The van der Waals surface area contributed by atoms with Crippen LogP contribution in [0.4, 0.5) is 8.78 Å². The summed E-state index contributed by atoms with van der Waals surface area (Å²) < 4.78 is 31.7. The van der Waals surface area contributed by atoms with Crippen LogP contribution in [0.25, 0.3) is 11.4 Å². The number of hydrogen-bond acceptors (Lipinski definition) is 4. The van der Waals surface area contributed by atoms with E-state index in [4.69, 9.17) is 4.52 Å². The Hall–Kier alpha value is -3.09. The fourth-order valence-corrected chi connectivity index (χ4v) is 3.92. The summed E-state index contributed by atoms with van der Waals surface area (Å²) >= 11 is 0. The van der Waals surface area contributed by atoms with Crippen molar-refractivity contribution in [2.45, 2.75) is 44.6 Å². The van der Waals surface area contributed by atoms with E-state index in [9.17, 15) is 13.6 Å². The summed E-state index contributed by atoms with van der Waals surface area (Å²) in [6.45, 7) is 0.744. The monoisotopic (exact) mass is 411 g/mol. The van der Waals surface area contributed by atoms with Gasteiger partial charge in [0, 0.05) is 31.0 Å². The molecule has 0 N–H and O–H groups in total. The molecule has 0 spiro atoms. The van der Waals surface area contributed by atoms with Crippen LogP contribution in [-0.4, -0.2) is 33.5 Å². The summed E-state index contributed by atoms with van der Waals surface area (Å²) in [6.07, 6.45) is 4.08. The molecule has 1 aliphatic heterocycles. The molecule has 1 unspecified atom stereocenters. The van der Waals surface area contributed by atoms with Crippen LogP contribution in [0.5, 0.6) is 0 Å². The van der Waals surface area contributed by atoms with Crippen molar-refractivity contribution < 1.29 is 18.1 Å². The smallest absolute Gasteiger partial charge is 0.226 e. The summed E-state index contributed by atoms with van der Waals surface area (Å²) in [5, 5.41) is 3.92. The number of likely N-dealkylation sites (tertiary alicyclic amines) is 1. The largest absolute Gasteiger partial charge is 0.339 e. The van der Waals surface area contributed by atoms with E-state index in [1.165, 1.54) is 24.3 Å². The average Bonchev–Trinajstić information content (AvgIpc) is 3.38. The number of carbonyl (C=O) groups is 1. The second-order valence-electron chi connectivity index (χ2n) is 7.59. The highest BCUT2D eigenvalue weighted by molar-refractivity contribution is 5.76. The first-order chi connectivity index (χ1) is 14.6. The SMILES string of the molecule is O=C(CCCc1nc(-c2ccc(F)cc2)no1)N1CCCC1Cc1cccc(F)c1. The predicted molar refractivity (Wildman–Crippen MR) is 107 cm³/mol. The summed E-state index contributed by atoms with van der Waals surface area (Å²) in [4.78, 5) is 19.0. The van der Waals surface area contributed by atoms with Crippen LogP contribution in [0, 0.1) is 11.6 Å². The van der Waals surface area contributed by atoms with E-state index in [0.717, 1.165) is 24.9 Å². The highest BCUT2D eigenvalue weighted by Gasteiger charge is 2.28. The van der Waals surface area contributed by atoms with Crippen molar-refractivity contribution in [3.63, 3.8) is 0 Å². The van der Waals surface area contributed by atoms with Crippen molar-refractivity contribution >= 4 is 5.91 Å². The van der Waals surface area contributed by atoms with Gasteiger partial charge in [0.05, 0.1) is 0 Å². The molecule has 2 aromatic carbocycles. The standard InChI is InChI=1S/C23H23F2N3O2/c24-18-11-9-17(10-12-18)23-26-21(30-27-23)7-2-8-22(29)28-13-3-6-20(28)15-16-4-1-5-19(25)14-16/h1,4-5,9-12,14,20H,2-3,6-8,13,15H2. The number of nitrogens with zero attached hydrogens (tertiary/aromatic N) is 3. The van der Waals surface area contributed by atoms with Crippen molar-refractivity contribution in [3.8, 4) is 11.4 Å². The number of benzene rings is 2. The topological polar surface area (TPSA) is 59.2 Å². The number of carbonyl (C=O) groups excluding carboxylic acids is 1. The van der Waals surface area contributed by atoms with Gasteiger partial charge in [-0.15, -0.1) is 0 Å². The third kappa shape index (κ3) is 4.90. The molecule has 1 aliphatic rings. The van der Waals surface area contributed by atoms with Gasteiger partial charge in [0.15, 0.2) is 0 Å². The minimum atomic E-state index is -0.321. The summed E-state index contributed by atoms with van der Waals surface area (Å²) in [6, 6.07) is 12.6. The number of rotatable bonds is 7. The molecule has 5 nitrogen and oxygen atoms in total. The zero-order valence-electron chi connectivity index (χ0n) is 16.6. The van der Waals surface area contributed by atoms with Crippen molar-refractivity contribution in [1.29, 1.82) is 0 Å². The summed E-state index contributed by atoms with van der Waals surface area (Å²) in [7, 11) is 0. The molecule has 0 radical (unpaired) electrons. The average molecular weight is 411 g/mol. The third-order valence-corrected chi connectivity index (χ3v) is 5.41. The van der Waals surface area contributed by atoms with Gasteiger partial charge in [0.2, 0.25) is 17.6 Å². The molecule has 1 fully saturated rings. The zero-order chi connectivity index (χ0) is 20.9. The van der Waals surface area contributed by atoms with Crippen LogP contribution in [0.3, 0.4) is 0 Å². The lowest BCUT2D eigenvalue weighted by Gasteiger charge is -2.25. The molecule has 3 aromatic rings. The molecule has 1 aromatic heterocycles. The van der Waals surface area contributed by atoms with Gasteiger partial charge in [-0.3, -0.25) is 4.79 Å². The summed E-state index contributed by atoms with van der Waals surface area (Å²) in [5.41, 5.74) is 1.60. The van der Waals surface area contributed by atoms with Gasteiger partial charge in [-0.1, -0.05) is 17.3 Å². The van der Waals surface area contributed by atoms with Gasteiger partial charge < -0.3 is 9.42 Å². The second kappa shape index (κ2) is 9.15. The highest BCUT2D eigenvalue weighted by Crippen LogP contribution is 2.23. The van der Waals surface area contributed by atoms with Gasteiger partial charge in [0.25, 0.3) is 0 Å². The maximum Gasteiger partial charge on any atom is 0.226 e. The van der Waals surface area contributed by atoms with Crippen LogP contribution in [-0.2, 0) is 17.6 Å². The molecule has 156 valence electrons. The van der Waals surface area contributed by atoms with E-state index < -0.39 is 0 Å². The van der Waals surface area contributed by atoms with Crippen LogP contribution in [0.2, 0.25) is 0 Å².